The van der Waals surface area contributed by atoms with Gasteiger partial charge in [0.15, 0.2) is 0 Å². The van der Waals surface area contributed by atoms with Crippen LogP contribution in [-0.2, 0) is 39.1 Å². The molecule has 8 nitrogen and oxygen atoms in total. The van der Waals surface area contributed by atoms with Gasteiger partial charge < -0.3 is 15.0 Å². The SMILES string of the molecule is CCNS(=O)(=O)c1ccc(CCC(=O)N(Cc2ccc(OC)cc2)C(C(=O)NCc2ccc(Cl)cc2Cl)c2ccccc2)cc1. The van der Waals surface area contributed by atoms with Crippen molar-refractivity contribution in [2.75, 3.05) is 13.7 Å². The number of amides is 2. The first kappa shape index (κ1) is 34.0. The highest BCUT2D eigenvalue weighted by Crippen LogP contribution is 2.27. The predicted octanol–water partition coefficient (Wildman–Crippen LogP) is 6.32. The van der Waals surface area contributed by atoms with E-state index in [1.54, 1.807) is 61.4 Å². The molecule has 4 aromatic rings. The van der Waals surface area contributed by atoms with E-state index in [1.165, 1.54) is 12.1 Å². The Morgan fingerprint density at radius 1 is 0.889 bits per heavy atom. The Morgan fingerprint density at radius 3 is 2.18 bits per heavy atom. The Labute approximate surface area is 274 Å². The van der Waals surface area contributed by atoms with E-state index >= 15 is 0 Å². The van der Waals surface area contributed by atoms with Gasteiger partial charge in [-0.3, -0.25) is 9.59 Å². The first-order valence-corrected chi connectivity index (χ1v) is 16.6. The smallest absolute Gasteiger partial charge is 0.247 e. The van der Waals surface area contributed by atoms with E-state index < -0.39 is 16.1 Å². The van der Waals surface area contributed by atoms with Crippen molar-refractivity contribution < 1.29 is 22.7 Å². The topological polar surface area (TPSA) is 105 Å². The number of carbonyl (C=O) groups is 2. The Morgan fingerprint density at radius 2 is 1.56 bits per heavy atom. The lowest BCUT2D eigenvalue weighted by molar-refractivity contribution is -0.141. The normalized spacial score (nSPS) is 11.9. The number of sulfonamides is 1. The third-order valence-electron chi connectivity index (χ3n) is 7.17. The molecule has 0 aliphatic heterocycles. The second-order valence-corrected chi connectivity index (χ2v) is 12.9. The van der Waals surface area contributed by atoms with Gasteiger partial charge in [-0.2, -0.15) is 0 Å². The van der Waals surface area contributed by atoms with Crippen LogP contribution >= 0.6 is 23.2 Å². The van der Waals surface area contributed by atoms with Crippen LogP contribution in [0, 0.1) is 0 Å². The maximum absolute atomic E-state index is 14.0. The zero-order valence-electron chi connectivity index (χ0n) is 25.0. The fraction of sp³-hybridized carbons (Fsp3) is 0.235. The van der Waals surface area contributed by atoms with Crippen LogP contribution in [0.1, 0.15) is 41.6 Å². The largest absolute Gasteiger partial charge is 0.497 e. The maximum Gasteiger partial charge on any atom is 0.247 e. The molecule has 2 amide bonds. The van der Waals surface area contributed by atoms with Crippen LogP contribution in [0.4, 0.5) is 0 Å². The van der Waals surface area contributed by atoms with Gasteiger partial charge >= 0.3 is 0 Å². The molecule has 1 unspecified atom stereocenters. The summed E-state index contributed by atoms with van der Waals surface area (Å²) in [5, 5.41) is 3.87. The molecule has 4 aromatic carbocycles. The van der Waals surface area contributed by atoms with Gasteiger partial charge in [0.2, 0.25) is 21.8 Å². The molecule has 0 bridgehead atoms. The first-order chi connectivity index (χ1) is 21.6. The van der Waals surface area contributed by atoms with Crippen molar-refractivity contribution in [1.82, 2.24) is 14.9 Å². The number of nitrogens with zero attached hydrogens (tertiary/aromatic N) is 1. The van der Waals surface area contributed by atoms with E-state index in [4.69, 9.17) is 27.9 Å². The predicted molar refractivity (Wildman–Crippen MR) is 177 cm³/mol. The fourth-order valence-electron chi connectivity index (χ4n) is 4.81. The number of halogens is 2. The van der Waals surface area contributed by atoms with Gasteiger partial charge in [0, 0.05) is 36.1 Å². The lowest BCUT2D eigenvalue weighted by Gasteiger charge is -2.32. The number of benzene rings is 4. The van der Waals surface area contributed by atoms with Crippen LogP contribution in [0.3, 0.4) is 0 Å². The van der Waals surface area contributed by atoms with Crippen molar-refractivity contribution in [2.45, 2.75) is 43.8 Å². The van der Waals surface area contributed by atoms with Gasteiger partial charge in [0.1, 0.15) is 11.8 Å². The molecule has 0 aromatic heterocycles. The molecule has 236 valence electrons. The lowest BCUT2D eigenvalue weighted by Crippen LogP contribution is -2.43. The van der Waals surface area contributed by atoms with Crippen LogP contribution in [0.5, 0.6) is 5.75 Å². The lowest BCUT2D eigenvalue weighted by atomic mass is 10.0. The number of aryl methyl sites for hydroxylation is 1. The minimum atomic E-state index is -3.59. The number of ether oxygens (including phenoxy) is 1. The molecule has 0 saturated carbocycles. The molecule has 0 spiro atoms. The molecule has 0 heterocycles. The number of hydrogen-bond acceptors (Lipinski definition) is 5. The molecule has 45 heavy (non-hydrogen) atoms. The van der Waals surface area contributed by atoms with Gasteiger partial charge in [0.05, 0.1) is 12.0 Å². The molecule has 0 saturated heterocycles. The summed E-state index contributed by atoms with van der Waals surface area (Å²) in [7, 11) is -2.01. The highest BCUT2D eigenvalue weighted by atomic mass is 35.5. The Hall–Kier alpha value is -3.89. The standard InChI is InChI=1S/C34H35Cl2N3O5S/c1-3-38-45(42,43)30-18-11-24(12-19-30)13-20-32(40)39(23-25-9-16-29(44-2)17-10-25)33(26-7-5-4-6-8-26)34(41)37-22-27-14-15-28(35)21-31(27)36/h4-12,14-19,21,33,38H,3,13,20,22-23H2,1-2H3,(H,37,41). The van der Waals surface area contributed by atoms with Crippen molar-refractivity contribution >= 4 is 45.0 Å². The average Bonchev–Trinajstić information content (AvgIpc) is 3.04. The monoisotopic (exact) mass is 667 g/mol. The molecule has 0 aliphatic rings. The van der Waals surface area contributed by atoms with Gasteiger partial charge in [-0.15, -0.1) is 0 Å². The minimum Gasteiger partial charge on any atom is -0.497 e. The van der Waals surface area contributed by atoms with E-state index in [0.717, 1.165) is 11.1 Å². The summed E-state index contributed by atoms with van der Waals surface area (Å²) in [4.78, 5) is 29.7. The molecule has 11 heteroatoms. The van der Waals surface area contributed by atoms with Crippen molar-refractivity contribution in [3.05, 3.63) is 129 Å². The van der Waals surface area contributed by atoms with Crippen molar-refractivity contribution in [3.63, 3.8) is 0 Å². The number of rotatable bonds is 14. The van der Waals surface area contributed by atoms with E-state index in [-0.39, 0.29) is 42.8 Å². The summed E-state index contributed by atoms with van der Waals surface area (Å²) < 4.78 is 32.4. The third-order valence-corrected chi connectivity index (χ3v) is 9.32. The maximum atomic E-state index is 14.0. The van der Waals surface area contributed by atoms with Crippen LogP contribution in [0.25, 0.3) is 0 Å². The molecular weight excluding hydrogens is 633 g/mol. The van der Waals surface area contributed by atoms with Crippen LogP contribution in [0.2, 0.25) is 10.0 Å². The van der Waals surface area contributed by atoms with Crippen LogP contribution < -0.4 is 14.8 Å². The zero-order valence-corrected chi connectivity index (χ0v) is 27.3. The summed E-state index contributed by atoms with van der Waals surface area (Å²) in [6, 6.07) is 27.0. The van der Waals surface area contributed by atoms with E-state index in [0.29, 0.717) is 33.3 Å². The molecule has 0 fully saturated rings. The highest BCUT2D eigenvalue weighted by molar-refractivity contribution is 7.89. The summed E-state index contributed by atoms with van der Waals surface area (Å²) in [6.45, 7) is 2.30. The number of carbonyl (C=O) groups excluding carboxylic acids is 2. The molecule has 0 radical (unpaired) electrons. The molecule has 4 rings (SSSR count). The average molecular weight is 669 g/mol. The van der Waals surface area contributed by atoms with Crippen molar-refractivity contribution in [1.29, 1.82) is 0 Å². The molecule has 0 aliphatic carbocycles. The molecule has 1 atom stereocenters. The second-order valence-electron chi connectivity index (χ2n) is 10.3. The quantitative estimate of drug-likeness (QED) is 0.164. The zero-order chi connectivity index (χ0) is 32.4. The van der Waals surface area contributed by atoms with Crippen LogP contribution in [-0.4, -0.2) is 38.8 Å². The van der Waals surface area contributed by atoms with Gasteiger partial charge in [-0.1, -0.05) is 90.8 Å². The minimum absolute atomic E-state index is 0.0923. The third kappa shape index (κ3) is 9.31. The number of hydrogen-bond donors (Lipinski definition) is 2. The summed E-state index contributed by atoms with van der Waals surface area (Å²) in [5.74, 6) is 0.0594. The van der Waals surface area contributed by atoms with Crippen molar-refractivity contribution in [3.8, 4) is 5.75 Å². The molecule has 2 N–H and O–H groups in total. The summed E-state index contributed by atoms with van der Waals surface area (Å²) in [5.41, 5.74) is 2.95. The Kier molecular flexibility index (Phi) is 12.0. The van der Waals surface area contributed by atoms with Crippen molar-refractivity contribution in [2.24, 2.45) is 0 Å². The van der Waals surface area contributed by atoms with E-state index in [9.17, 15) is 18.0 Å². The summed E-state index contributed by atoms with van der Waals surface area (Å²) >= 11 is 12.4. The van der Waals surface area contributed by atoms with Crippen LogP contribution in [0.15, 0.2) is 102 Å². The highest BCUT2D eigenvalue weighted by Gasteiger charge is 2.31. The van der Waals surface area contributed by atoms with E-state index in [1.807, 2.05) is 42.5 Å². The molecular formula is C34H35Cl2N3O5S. The Bertz CT molecular complexity index is 1700. The first-order valence-electron chi connectivity index (χ1n) is 14.4. The number of nitrogens with one attached hydrogen (secondary N) is 2. The van der Waals surface area contributed by atoms with E-state index in [2.05, 4.69) is 10.0 Å². The second kappa shape index (κ2) is 15.9. The fourth-order valence-corrected chi connectivity index (χ4v) is 6.32. The number of methoxy groups -OCH3 is 1. The van der Waals surface area contributed by atoms with Gasteiger partial charge in [0.25, 0.3) is 0 Å². The summed E-state index contributed by atoms with van der Waals surface area (Å²) in [6.07, 6.45) is 0.443. The Balaban J connectivity index is 1.61. The van der Waals surface area contributed by atoms with Gasteiger partial charge in [-0.05, 0) is 65.1 Å². The van der Waals surface area contributed by atoms with Gasteiger partial charge in [-0.25, -0.2) is 13.1 Å².